The van der Waals surface area contributed by atoms with Crippen molar-refractivity contribution >= 4 is 15.9 Å². The lowest BCUT2D eigenvalue weighted by atomic mass is 10.2. The molecule has 0 saturated heterocycles. The fraction of sp³-hybridized carbons (Fsp3) is 0.385. The van der Waals surface area contributed by atoms with Crippen LogP contribution in [0.15, 0.2) is 35.1 Å². The second-order valence-electron chi connectivity index (χ2n) is 4.45. The van der Waals surface area contributed by atoms with E-state index >= 15 is 0 Å². The minimum absolute atomic E-state index is 0.343. The van der Waals surface area contributed by atoms with E-state index in [-0.39, 0.29) is 0 Å². The van der Waals surface area contributed by atoms with Crippen LogP contribution in [-0.2, 0) is 13.1 Å². The first-order valence-electron chi connectivity index (χ1n) is 6.00. The number of hydrogen-bond donors (Lipinski definition) is 1. The van der Waals surface area contributed by atoms with E-state index in [0.29, 0.717) is 6.04 Å². The normalized spacial score (nSPS) is 11.1. The summed E-state index contributed by atoms with van der Waals surface area (Å²) >= 11 is 3.47. The Labute approximate surface area is 116 Å². The van der Waals surface area contributed by atoms with Gasteiger partial charge in [0.25, 0.3) is 0 Å². The smallest absolute Gasteiger partial charge is 0.141 e. The number of rotatable bonds is 5. The molecule has 0 fully saturated rings. The molecular weight excluding hydrogens is 292 g/mol. The molecule has 2 aromatic rings. The van der Waals surface area contributed by atoms with Crippen molar-refractivity contribution in [2.24, 2.45) is 0 Å². The van der Waals surface area contributed by atoms with E-state index in [0.717, 1.165) is 23.4 Å². The number of hydrogen-bond acceptors (Lipinski definition) is 3. The molecule has 96 valence electrons. The number of halogens is 1. The van der Waals surface area contributed by atoms with E-state index in [4.69, 9.17) is 0 Å². The van der Waals surface area contributed by atoms with Crippen molar-refractivity contribution in [3.05, 3.63) is 46.5 Å². The van der Waals surface area contributed by atoms with Crippen molar-refractivity contribution in [2.45, 2.75) is 33.0 Å². The Kier molecular flexibility index (Phi) is 4.49. The van der Waals surface area contributed by atoms with Crippen LogP contribution in [0.3, 0.4) is 0 Å². The van der Waals surface area contributed by atoms with Gasteiger partial charge in [0, 0.05) is 17.1 Å². The fourth-order valence-corrected chi connectivity index (χ4v) is 2.24. The molecule has 1 N–H and O–H groups in total. The Hall–Kier alpha value is -1.20. The quantitative estimate of drug-likeness (QED) is 0.923. The van der Waals surface area contributed by atoms with Crippen LogP contribution >= 0.6 is 15.9 Å². The molecular formula is C13H17BrN4. The van der Waals surface area contributed by atoms with Gasteiger partial charge in [0.05, 0.1) is 6.54 Å². The van der Waals surface area contributed by atoms with Gasteiger partial charge >= 0.3 is 0 Å². The van der Waals surface area contributed by atoms with E-state index in [1.165, 1.54) is 5.56 Å². The maximum Gasteiger partial charge on any atom is 0.141 e. The summed E-state index contributed by atoms with van der Waals surface area (Å²) in [5.74, 6) is 0.972. The summed E-state index contributed by atoms with van der Waals surface area (Å²) in [6.45, 7) is 5.76. The predicted octanol–water partition coefficient (Wildman–Crippen LogP) is 2.91. The Morgan fingerprint density at radius 2 is 2.17 bits per heavy atom. The summed E-state index contributed by atoms with van der Waals surface area (Å²) < 4.78 is 3.04. The molecule has 0 aliphatic heterocycles. The van der Waals surface area contributed by atoms with Crippen LogP contribution < -0.4 is 5.32 Å². The lowest BCUT2D eigenvalue weighted by Gasteiger charge is -2.10. The van der Waals surface area contributed by atoms with Crippen LogP contribution in [0.5, 0.6) is 0 Å². The zero-order valence-corrected chi connectivity index (χ0v) is 12.2. The predicted molar refractivity (Wildman–Crippen MR) is 75.1 cm³/mol. The highest BCUT2D eigenvalue weighted by atomic mass is 79.9. The molecule has 0 spiro atoms. The SMILES string of the molecule is CC(C)n1ncnc1CNCc1cccc(Br)c1. The summed E-state index contributed by atoms with van der Waals surface area (Å²) in [7, 11) is 0. The van der Waals surface area contributed by atoms with Crippen molar-refractivity contribution < 1.29 is 0 Å². The number of benzene rings is 1. The van der Waals surface area contributed by atoms with Crippen LogP contribution in [0.25, 0.3) is 0 Å². The minimum Gasteiger partial charge on any atom is -0.306 e. The highest BCUT2D eigenvalue weighted by Crippen LogP contribution is 2.11. The van der Waals surface area contributed by atoms with Crippen molar-refractivity contribution in [2.75, 3.05) is 0 Å². The van der Waals surface area contributed by atoms with Crippen molar-refractivity contribution in [1.29, 1.82) is 0 Å². The molecule has 0 aliphatic carbocycles. The zero-order chi connectivity index (χ0) is 13.0. The molecule has 4 nitrogen and oxygen atoms in total. The maximum atomic E-state index is 4.27. The molecule has 1 aromatic carbocycles. The van der Waals surface area contributed by atoms with E-state index in [9.17, 15) is 0 Å². The molecule has 18 heavy (non-hydrogen) atoms. The van der Waals surface area contributed by atoms with Crippen LogP contribution in [0.1, 0.15) is 31.3 Å². The molecule has 2 rings (SSSR count). The molecule has 0 unspecified atom stereocenters. The van der Waals surface area contributed by atoms with Gasteiger partial charge in [-0.1, -0.05) is 28.1 Å². The molecule has 0 atom stereocenters. The Morgan fingerprint density at radius 3 is 2.89 bits per heavy atom. The monoisotopic (exact) mass is 308 g/mol. The first-order chi connectivity index (χ1) is 8.66. The van der Waals surface area contributed by atoms with Gasteiger partial charge in [-0.25, -0.2) is 9.67 Å². The average Bonchev–Trinajstić information content (AvgIpc) is 2.77. The highest BCUT2D eigenvalue weighted by Gasteiger charge is 2.06. The first kappa shape index (κ1) is 13.2. The first-order valence-corrected chi connectivity index (χ1v) is 6.79. The third kappa shape index (κ3) is 3.40. The van der Waals surface area contributed by atoms with Crippen LogP contribution in [0.4, 0.5) is 0 Å². The van der Waals surface area contributed by atoms with E-state index in [1.54, 1.807) is 6.33 Å². The second kappa shape index (κ2) is 6.11. The molecule has 0 aliphatic rings. The van der Waals surface area contributed by atoms with Crippen molar-refractivity contribution in [1.82, 2.24) is 20.1 Å². The number of nitrogens with one attached hydrogen (secondary N) is 1. The summed E-state index contributed by atoms with van der Waals surface area (Å²) in [6, 6.07) is 8.62. The molecule has 0 saturated carbocycles. The maximum absolute atomic E-state index is 4.27. The third-order valence-corrected chi connectivity index (χ3v) is 3.13. The van der Waals surface area contributed by atoms with E-state index in [2.05, 4.69) is 57.3 Å². The molecule has 1 aromatic heterocycles. The third-order valence-electron chi connectivity index (χ3n) is 2.64. The van der Waals surface area contributed by atoms with Gasteiger partial charge in [-0.15, -0.1) is 0 Å². The largest absolute Gasteiger partial charge is 0.306 e. The Bertz CT molecular complexity index is 507. The summed E-state index contributed by atoms with van der Waals surface area (Å²) in [5.41, 5.74) is 1.25. The molecule has 0 radical (unpaired) electrons. The highest BCUT2D eigenvalue weighted by molar-refractivity contribution is 9.10. The summed E-state index contributed by atoms with van der Waals surface area (Å²) in [4.78, 5) is 4.27. The minimum atomic E-state index is 0.343. The standard InChI is InChI=1S/C13H17BrN4/c1-10(2)18-13(16-9-17-18)8-15-7-11-4-3-5-12(14)6-11/h3-6,9-10,15H,7-8H2,1-2H3. The summed E-state index contributed by atoms with van der Waals surface area (Å²) in [5, 5.41) is 7.60. The Balaban J connectivity index is 1.90. The van der Waals surface area contributed by atoms with Crippen molar-refractivity contribution in [3.8, 4) is 0 Å². The van der Waals surface area contributed by atoms with Crippen LogP contribution in [-0.4, -0.2) is 14.8 Å². The molecule has 5 heteroatoms. The topological polar surface area (TPSA) is 42.7 Å². The number of aromatic nitrogens is 3. The zero-order valence-electron chi connectivity index (χ0n) is 10.6. The van der Waals surface area contributed by atoms with Gasteiger partial charge in [0.15, 0.2) is 0 Å². The van der Waals surface area contributed by atoms with E-state index < -0.39 is 0 Å². The summed E-state index contributed by atoms with van der Waals surface area (Å²) in [6.07, 6.45) is 1.61. The molecule has 0 amide bonds. The van der Waals surface area contributed by atoms with Gasteiger partial charge < -0.3 is 5.32 Å². The molecule has 0 bridgehead atoms. The lowest BCUT2D eigenvalue weighted by Crippen LogP contribution is -2.18. The van der Waals surface area contributed by atoms with Crippen molar-refractivity contribution in [3.63, 3.8) is 0 Å². The van der Waals surface area contributed by atoms with Crippen LogP contribution in [0.2, 0.25) is 0 Å². The molecule has 1 heterocycles. The second-order valence-corrected chi connectivity index (χ2v) is 5.36. The van der Waals surface area contributed by atoms with Gasteiger partial charge in [0.1, 0.15) is 12.2 Å². The lowest BCUT2D eigenvalue weighted by molar-refractivity contribution is 0.490. The van der Waals surface area contributed by atoms with E-state index in [1.807, 2.05) is 16.8 Å². The van der Waals surface area contributed by atoms with Gasteiger partial charge in [-0.2, -0.15) is 5.10 Å². The van der Waals surface area contributed by atoms with Crippen LogP contribution in [0, 0.1) is 0 Å². The number of nitrogens with zero attached hydrogens (tertiary/aromatic N) is 3. The van der Waals surface area contributed by atoms with Gasteiger partial charge in [-0.05, 0) is 31.5 Å². The average molecular weight is 309 g/mol. The Morgan fingerprint density at radius 1 is 1.33 bits per heavy atom. The van der Waals surface area contributed by atoms with Gasteiger partial charge in [0.2, 0.25) is 0 Å². The fourth-order valence-electron chi connectivity index (χ4n) is 1.80. The van der Waals surface area contributed by atoms with Gasteiger partial charge in [-0.3, -0.25) is 0 Å².